The third-order valence-electron chi connectivity index (χ3n) is 3.46. The molecule has 0 bridgehead atoms. The molecule has 1 heterocycles. The molecule has 2 aromatic carbocycles. The molecule has 0 saturated heterocycles. The first-order chi connectivity index (χ1) is 11.2. The van der Waals surface area contributed by atoms with Crippen molar-refractivity contribution in [2.75, 3.05) is 12.4 Å². The van der Waals surface area contributed by atoms with Crippen LogP contribution in [-0.2, 0) is 0 Å². The molecule has 3 aromatic rings. The third-order valence-corrected chi connectivity index (χ3v) is 3.46. The maximum Gasteiger partial charge on any atom is 0.236 e. The van der Waals surface area contributed by atoms with Crippen molar-refractivity contribution in [2.24, 2.45) is 0 Å². The van der Waals surface area contributed by atoms with Gasteiger partial charge < -0.3 is 14.5 Å². The summed E-state index contributed by atoms with van der Waals surface area (Å²) in [5.74, 6) is 1.51. The van der Waals surface area contributed by atoms with Gasteiger partial charge in [0.2, 0.25) is 17.5 Å². The monoisotopic (exact) mass is 305 g/mol. The van der Waals surface area contributed by atoms with Gasteiger partial charge in [0.25, 0.3) is 0 Å². The zero-order valence-corrected chi connectivity index (χ0v) is 12.8. The highest BCUT2D eigenvalue weighted by atomic mass is 16.5. The van der Waals surface area contributed by atoms with Crippen molar-refractivity contribution < 1.29 is 9.15 Å². The summed E-state index contributed by atoms with van der Waals surface area (Å²) in [6.45, 7) is 1.97. The van der Waals surface area contributed by atoms with Gasteiger partial charge in [0.1, 0.15) is 11.8 Å². The summed E-state index contributed by atoms with van der Waals surface area (Å²) >= 11 is 0. The highest BCUT2D eigenvalue weighted by Crippen LogP contribution is 2.29. The Morgan fingerprint density at radius 2 is 1.87 bits per heavy atom. The molecule has 114 valence electrons. The molecule has 0 amide bonds. The first-order valence-corrected chi connectivity index (χ1v) is 7.09. The van der Waals surface area contributed by atoms with Crippen molar-refractivity contribution >= 4 is 11.6 Å². The van der Waals surface area contributed by atoms with Crippen LogP contribution in [-0.4, -0.2) is 12.1 Å². The van der Waals surface area contributed by atoms with Crippen molar-refractivity contribution in [1.29, 1.82) is 5.26 Å². The van der Waals surface area contributed by atoms with Crippen molar-refractivity contribution in [3.63, 3.8) is 0 Å². The fourth-order valence-electron chi connectivity index (χ4n) is 2.21. The van der Waals surface area contributed by atoms with Gasteiger partial charge in [0.05, 0.1) is 7.11 Å². The van der Waals surface area contributed by atoms with E-state index in [4.69, 9.17) is 9.15 Å². The van der Waals surface area contributed by atoms with E-state index in [9.17, 15) is 5.26 Å². The number of benzene rings is 2. The van der Waals surface area contributed by atoms with Gasteiger partial charge in [-0.15, -0.1) is 0 Å². The number of rotatable bonds is 4. The smallest absolute Gasteiger partial charge is 0.236 e. The molecule has 0 fully saturated rings. The average molecular weight is 305 g/mol. The molecule has 0 spiro atoms. The van der Waals surface area contributed by atoms with Gasteiger partial charge >= 0.3 is 0 Å². The quantitative estimate of drug-likeness (QED) is 0.779. The number of nitrogens with zero attached hydrogens (tertiary/aromatic N) is 2. The summed E-state index contributed by atoms with van der Waals surface area (Å²) in [7, 11) is 1.61. The standard InChI is InChI=1S/C18H15N3O2/c1-12-5-3-4-6-15(12)17-21-16(11-19)18(23-17)20-13-7-9-14(22-2)10-8-13/h3-10,20H,1-2H3. The van der Waals surface area contributed by atoms with Gasteiger partial charge in [-0.1, -0.05) is 18.2 Å². The molecule has 1 N–H and O–H groups in total. The molecule has 5 nitrogen and oxygen atoms in total. The van der Waals surface area contributed by atoms with Crippen LogP contribution in [0.4, 0.5) is 11.6 Å². The summed E-state index contributed by atoms with van der Waals surface area (Å²) in [5, 5.41) is 12.4. The Bertz CT molecular complexity index is 861. The molecule has 1 aromatic heterocycles. The Balaban J connectivity index is 1.93. The summed E-state index contributed by atoms with van der Waals surface area (Å²) in [4.78, 5) is 4.27. The number of anilines is 2. The van der Waals surface area contributed by atoms with Gasteiger partial charge in [0, 0.05) is 11.3 Å². The first-order valence-electron chi connectivity index (χ1n) is 7.09. The SMILES string of the molecule is COc1ccc(Nc2oc(-c3ccccc3C)nc2C#N)cc1. The normalized spacial score (nSPS) is 10.1. The molecule has 0 saturated carbocycles. The van der Waals surface area contributed by atoms with E-state index in [-0.39, 0.29) is 5.69 Å². The summed E-state index contributed by atoms with van der Waals surface area (Å²) in [6, 6.07) is 17.1. The molecule has 0 atom stereocenters. The van der Waals surface area contributed by atoms with E-state index >= 15 is 0 Å². The van der Waals surface area contributed by atoms with E-state index in [0.29, 0.717) is 11.8 Å². The lowest BCUT2D eigenvalue weighted by atomic mass is 10.1. The molecule has 3 rings (SSSR count). The van der Waals surface area contributed by atoms with Gasteiger partial charge in [-0.25, -0.2) is 0 Å². The Morgan fingerprint density at radius 1 is 1.13 bits per heavy atom. The minimum absolute atomic E-state index is 0.221. The number of nitrogens with one attached hydrogen (secondary N) is 1. The Labute approximate surface area is 134 Å². The third kappa shape index (κ3) is 3.01. The van der Waals surface area contributed by atoms with Gasteiger partial charge in [-0.3, -0.25) is 0 Å². The molecular weight excluding hydrogens is 290 g/mol. The zero-order valence-electron chi connectivity index (χ0n) is 12.8. The van der Waals surface area contributed by atoms with E-state index in [1.807, 2.05) is 55.5 Å². The fourth-order valence-corrected chi connectivity index (χ4v) is 2.21. The van der Waals surface area contributed by atoms with E-state index in [2.05, 4.69) is 16.4 Å². The summed E-state index contributed by atoms with van der Waals surface area (Å²) < 4.78 is 10.9. The first kappa shape index (κ1) is 14.7. The lowest BCUT2D eigenvalue weighted by Crippen LogP contribution is -1.91. The molecule has 0 unspecified atom stereocenters. The maximum atomic E-state index is 9.28. The van der Waals surface area contributed by atoms with Crippen LogP contribution in [0.15, 0.2) is 52.9 Å². The second-order valence-corrected chi connectivity index (χ2v) is 4.98. The minimum atomic E-state index is 0.221. The topological polar surface area (TPSA) is 71.1 Å². The van der Waals surface area contributed by atoms with Crippen LogP contribution in [0.3, 0.4) is 0 Å². The number of hydrogen-bond acceptors (Lipinski definition) is 5. The molecular formula is C18H15N3O2. The lowest BCUT2D eigenvalue weighted by molar-refractivity contribution is 0.415. The van der Waals surface area contributed by atoms with E-state index in [1.54, 1.807) is 7.11 Å². The molecule has 0 aliphatic carbocycles. The predicted molar refractivity (Wildman–Crippen MR) is 87.7 cm³/mol. The number of hydrogen-bond donors (Lipinski definition) is 1. The number of ether oxygens (including phenoxy) is 1. The number of methoxy groups -OCH3 is 1. The van der Waals surface area contributed by atoms with Gasteiger partial charge in [-0.05, 0) is 42.8 Å². The molecule has 23 heavy (non-hydrogen) atoms. The van der Waals surface area contributed by atoms with Crippen molar-refractivity contribution in [1.82, 2.24) is 4.98 Å². The minimum Gasteiger partial charge on any atom is -0.497 e. The van der Waals surface area contributed by atoms with E-state index in [0.717, 1.165) is 22.6 Å². The number of oxazole rings is 1. The maximum absolute atomic E-state index is 9.28. The fraction of sp³-hybridized carbons (Fsp3) is 0.111. The Hall–Kier alpha value is -3.26. The number of aryl methyl sites for hydroxylation is 1. The van der Waals surface area contributed by atoms with Crippen LogP contribution >= 0.6 is 0 Å². The second kappa shape index (κ2) is 6.24. The number of nitriles is 1. The number of aromatic nitrogens is 1. The Morgan fingerprint density at radius 3 is 2.52 bits per heavy atom. The van der Waals surface area contributed by atoms with Crippen LogP contribution in [0.2, 0.25) is 0 Å². The summed E-state index contributed by atoms with van der Waals surface area (Å²) in [5.41, 5.74) is 2.91. The van der Waals surface area contributed by atoms with Crippen molar-refractivity contribution in [3.8, 4) is 23.3 Å². The highest BCUT2D eigenvalue weighted by molar-refractivity contribution is 5.65. The Kier molecular flexibility index (Phi) is 3.98. The molecule has 0 radical (unpaired) electrons. The zero-order chi connectivity index (χ0) is 16.2. The summed E-state index contributed by atoms with van der Waals surface area (Å²) in [6.07, 6.45) is 0. The van der Waals surface area contributed by atoms with Crippen molar-refractivity contribution in [2.45, 2.75) is 6.92 Å². The molecule has 0 aliphatic heterocycles. The lowest BCUT2D eigenvalue weighted by Gasteiger charge is -2.04. The van der Waals surface area contributed by atoms with Crippen molar-refractivity contribution in [3.05, 3.63) is 59.8 Å². The highest BCUT2D eigenvalue weighted by Gasteiger charge is 2.15. The molecule has 5 heteroatoms. The van der Waals surface area contributed by atoms with Crippen LogP contribution in [0.1, 0.15) is 11.3 Å². The van der Waals surface area contributed by atoms with Gasteiger partial charge in [-0.2, -0.15) is 10.2 Å². The van der Waals surface area contributed by atoms with Crippen LogP contribution in [0.25, 0.3) is 11.5 Å². The van der Waals surface area contributed by atoms with E-state index in [1.165, 1.54) is 0 Å². The average Bonchev–Trinajstić information content (AvgIpc) is 2.98. The van der Waals surface area contributed by atoms with E-state index < -0.39 is 0 Å². The predicted octanol–water partition coefficient (Wildman–Crippen LogP) is 4.27. The molecule has 0 aliphatic rings. The largest absolute Gasteiger partial charge is 0.497 e. The van der Waals surface area contributed by atoms with Gasteiger partial charge in [0.15, 0.2) is 0 Å². The van der Waals surface area contributed by atoms with Crippen LogP contribution < -0.4 is 10.1 Å². The van der Waals surface area contributed by atoms with Crippen LogP contribution in [0.5, 0.6) is 5.75 Å². The second-order valence-electron chi connectivity index (χ2n) is 4.98. The van der Waals surface area contributed by atoms with Crippen LogP contribution in [0, 0.1) is 18.3 Å².